The molecular formula is C31H34N4O8. The summed E-state index contributed by atoms with van der Waals surface area (Å²) >= 11 is 0. The Labute approximate surface area is 249 Å². The van der Waals surface area contributed by atoms with E-state index in [1.807, 2.05) is 60.7 Å². The number of hydrogen-bond acceptors (Lipinski definition) is 9. The minimum absolute atomic E-state index is 0.157. The highest BCUT2D eigenvalue weighted by Gasteiger charge is 2.52. The highest BCUT2D eigenvalue weighted by molar-refractivity contribution is 5.95. The predicted molar refractivity (Wildman–Crippen MR) is 152 cm³/mol. The van der Waals surface area contributed by atoms with Crippen LogP contribution in [0.4, 0.5) is 0 Å². The van der Waals surface area contributed by atoms with Crippen LogP contribution in [0.3, 0.4) is 0 Å². The zero-order chi connectivity index (χ0) is 30.2. The van der Waals surface area contributed by atoms with E-state index in [1.54, 1.807) is 12.1 Å². The molecule has 0 unspecified atom stereocenters. The minimum atomic E-state index is -1.08. The number of fused-ring (bicyclic) bond motifs is 1. The molecule has 3 N–H and O–H groups in total. The number of carbonyl (C=O) groups excluding carboxylic acids is 3. The number of pyridine rings is 1. The predicted octanol–water partition coefficient (Wildman–Crippen LogP) is 2.18. The summed E-state index contributed by atoms with van der Waals surface area (Å²) in [5.74, 6) is -1.50. The van der Waals surface area contributed by atoms with Crippen molar-refractivity contribution >= 4 is 17.7 Å². The molecule has 2 aliphatic rings. The Morgan fingerprint density at radius 3 is 2.42 bits per heavy atom. The van der Waals surface area contributed by atoms with Gasteiger partial charge in [0.05, 0.1) is 18.8 Å². The maximum atomic E-state index is 13.0. The summed E-state index contributed by atoms with van der Waals surface area (Å²) in [4.78, 5) is 41.7. The van der Waals surface area contributed by atoms with Crippen LogP contribution in [0.1, 0.15) is 41.6 Å². The van der Waals surface area contributed by atoms with Crippen molar-refractivity contribution in [3.8, 4) is 0 Å². The zero-order valence-corrected chi connectivity index (χ0v) is 23.8. The van der Waals surface area contributed by atoms with E-state index in [0.29, 0.717) is 0 Å². The molecule has 2 saturated heterocycles. The van der Waals surface area contributed by atoms with Crippen LogP contribution in [0, 0.1) is 0 Å². The van der Waals surface area contributed by atoms with Gasteiger partial charge in [0.15, 0.2) is 12.6 Å². The summed E-state index contributed by atoms with van der Waals surface area (Å²) < 4.78 is 31.1. The van der Waals surface area contributed by atoms with Gasteiger partial charge in [-0.05, 0) is 24.6 Å². The van der Waals surface area contributed by atoms with Gasteiger partial charge < -0.3 is 29.0 Å². The fraction of sp³-hybridized carbons (Fsp3) is 0.355. The summed E-state index contributed by atoms with van der Waals surface area (Å²) in [5.41, 5.74) is 6.72. The van der Waals surface area contributed by atoms with Gasteiger partial charge in [0.1, 0.15) is 30.5 Å². The molecular weight excluding hydrogens is 556 g/mol. The SMILES string of the molecule is CC(=O)N[C@H]1[C@@H](OCc2ccccc2)O[C@@H]2CO[C@H](c3ccccc3)O[C@H]2[C@@H]1O[C@H](C)C(=O)NNC(=O)c1cccnc1. The van der Waals surface area contributed by atoms with Crippen molar-refractivity contribution < 1.29 is 38.1 Å². The lowest BCUT2D eigenvalue weighted by Gasteiger charge is -2.49. The summed E-state index contributed by atoms with van der Waals surface area (Å²) in [6.45, 7) is 3.27. The van der Waals surface area contributed by atoms with E-state index >= 15 is 0 Å². The fourth-order valence-electron chi connectivity index (χ4n) is 4.88. The second-order valence-electron chi connectivity index (χ2n) is 10.2. The number of hydrogen-bond donors (Lipinski definition) is 3. The number of ether oxygens (including phenoxy) is 5. The minimum Gasteiger partial charge on any atom is -0.360 e. The van der Waals surface area contributed by atoms with Gasteiger partial charge in [-0.25, -0.2) is 0 Å². The molecule has 2 aliphatic heterocycles. The van der Waals surface area contributed by atoms with Gasteiger partial charge in [-0.1, -0.05) is 60.7 Å². The molecule has 0 aliphatic carbocycles. The average Bonchev–Trinajstić information content (AvgIpc) is 3.04. The van der Waals surface area contributed by atoms with Crippen molar-refractivity contribution in [2.75, 3.05) is 6.61 Å². The van der Waals surface area contributed by atoms with Gasteiger partial charge in [-0.15, -0.1) is 0 Å². The average molecular weight is 591 g/mol. The van der Waals surface area contributed by atoms with Crippen LogP contribution in [-0.2, 0) is 39.9 Å². The smallest absolute Gasteiger partial charge is 0.271 e. The molecule has 0 spiro atoms. The zero-order valence-electron chi connectivity index (χ0n) is 23.8. The Bertz CT molecular complexity index is 1360. The molecule has 1 aromatic heterocycles. The third-order valence-electron chi connectivity index (χ3n) is 6.99. The first-order valence-corrected chi connectivity index (χ1v) is 13.9. The van der Waals surface area contributed by atoms with E-state index in [0.717, 1.165) is 11.1 Å². The van der Waals surface area contributed by atoms with Gasteiger partial charge >= 0.3 is 0 Å². The maximum absolute atomic E-state index is 13.0. The van der Waals surface area contributed by atoms with E-state index in [-0.39, 0.29) is 24.7 Å². The van der Waals surface area contributed by atoms with Crippen molar-refractivity contribution in [1.82, 2.24) is 21.2 Å². The van der Waals surface area contributed by atoms with Gasteiger partial charge in [-0.2, -0.15) is 0 Å². The van der Waals surface area contributed by atoms with Gasteiger partial charge in [0.2, 0.25) is 5.91 Å². The molecule has 0 radical (unpaired) electrons. The van der Waals surface area contributed by atoms with E-state index in [2.05, 4.69) is 21.2 Å². The van der Waals surface area contributed by atoms with E-state index in [9.17, 15) is 14.4 Å². The largest absolute Gasteiger partial charge is 0.360 e. The Kier molecular flexibility index (Phi) is 10.1. The highest BCUT2D eigenvalue weighted by Crippen LogP contribution is 2.36. The molecule has 43 heavy (non-hydrogen) atoms. The Morgan fingerprint density at radius 2 is 1.72 bits per heavy atom. The van der Waals surface area contributed by atoms with Crippen molar-refractivity contribution in [3.63, 3.8) is 0 Å². The number of amides is 3. The molecule has 5 rings (SSSR count). The van der Waals surface area contributed by atoms with E-state index in [4.69, 9.17) is 23.7 Å². The number of carbonyl (C=O) groups is 3. The molecule has 226 valence electrons. The monoisotopic (exact) mass is 590 g/mol. The summed E-state index contributed by atoms with van der Waals surface area (Å²) in [6.07, 6.45) is -2.10. The molecule has 7 atom stereocenters. The number of rotatable bonds is 9. The number of nitrogens with zero attached hydrogens (tertiary/aromatic N) is 1. The second kappa shape index (κ2) is 14.3. The van der Waals surface area contributed by atoms with Crippen LogP contribution in [-0.4, -0.2) is 66.1 Å². The molecule has 3 heterocycles. The quantitative estimate of drug-likeness (QED) is 0.319. The molecule has 2 fully saturated rings. The number of benzene rings is 2. The van der Waals surface area contributed by atoms with E-state index < -0.39 is 54.9 Å². The van der Waals surface area contributed by atoms with Crippen molar-refractivity contribution in [2.24, 2.45) is 0 Å². The Hall–Kier alpha value is -4.20. The lowest BCUT2D eigenvalue weighted by molar-refractivity contribution is -0.351. The molecule has 2 aromatic carbocycles. The van der Waals surface area contributed by atoms with Gasteiger partial charge in [0, 0.05) is 24.9 Å². The molecule has 3 amide bonds. The summed E-state index contributed by atoms with van der Waals surface area (Å²) in [6, 6.07) is 21.2. The van der Waals surface area contributed by atoms with Crippen LogP contribution < -0.4 is 16.2 Å². The molecule has 12 heteroatoms. The standard InChI is InChI=1S/C31H34N4O8/c1-19(28(37)34-35-29(38)23-14-9-15-32-16-23)41-27-25(33-20(2)36)31(39-17-21-10-5-3-6-11-21)42-24-18-40-30(43-26(24)27)22-12-7-4-8-13-22/h3-16,19,24-27,30-31H,17-18H2,1-2H3,(H,33,36)(H,34,37)(H,35,38)/t19-,24-,25-,26-,27-,30+,31+/m1/s1. The summed E-state index contributed by atoms with van der Waals surface area (Å²) in [7, 11) is 0. The number of aromatic nitrogens is 1. The van der Waals surface area contributed by atoms with E-state index in [1.165, 1.54) is 26.2 Å². The fourth-order valence-corrected chi connectivity index (χ4v) is 4.88. The molecule has 3 aromatic rings. The molecule has 12 nitrogen and oxygen atoms in total. The molecule has 0 saturated carbocycles. The topological polar surface area (TPSA) is 146 Å². The Morgan fingerprint density at radius 1 is 0.977 bits per heavy atom. The normalized spacial score (nSPS) is 25.5. The Balaban J connectivity index is 1.35. The van der Waals surface area contributed by atoms with Crippen molar-refractivity contribution in [2.45, 2.75) is 63.5 Å². The van der Waals surface area contributed by atoms with Crippen LogP contribution in [0.25, 0.3) is 0 Å². The second-order valence-corrected chi connectivity index (χ2v) is 10.2. The lowest BCUT2D eigenvalue weighted by Crippen LogP contribution is -2.68. The summed E-state index contributed by atoms with van der Waals surface area (Å²) in [5, 5.41) is 2.88. The number of nitrogens with one attached hydrogen (secondary N) is 3. The first-order chi connectivity index (χ1) is 20.9. The van der Waals surface area contributed by atoms with Crippen molar-refractivity contribution in [3.05, 3.63) is 102 Å². The van der Waals surface area contributed by atoms with Crippen molar-refractivity contribution in [1.29, 1.82) is 0 Å². The first kappa shape index (κ1) is 30.3. The van der Waals surface area contributed by atoms with Crippen LogP contribution in [0.2, 0.25) is 0 Å². The van der Waals surface area contributed by atoms with Gasteiger partial charge in [0.25, 0.3) is 11.8 Å². The highest BCUT2D eigenvalue weighted by atomic mass is 16.8. The van der Waals surface area contributed by atoms with Crippen LogP contribution in [0.5, 0.6) is 0 Å². The van der Waals surface area contributed by atoms with Crippen LogP contribution >= 0.6 is 0 Å². The van der Waals surface area contributed by atoms with Crippen LogP contribution in [0.15, 0.2) is 85.2 Å². The van der Waals surface area contributed by atoms with Gasteiger partial charge in [-0.3, -0.25) is 30.2 Å². The molecule has 0 bridgehead atoms. The lowest BCUT2D eigenvalue weighted by atomic mass is 9.95. The maximum Gasteiger partial charge on any atom is 0.271 e. The number of hydrazine groups is 1. The third-order valence-corrected chi connectivity index (χ3v) is 6.99. The first-order valence-electron chi connectivity index (χ1n) is 13.9. The third kappa shape index (κ3) is 7.80.